The molecule has 27 heavy (non-hydrogen) atoms. The summed E-state index contributed by atoms with van der Waals surface area (Å²) in [6.07, 6.45) is 2.98. The Hall–Kier alpha value is -2.72. The largest absolute Gasteiger partial charge is 0.497 e. The number of benzene rings is 3. The zero-order valence-corrected chi connectivity index (χ0v) is 16.3. The highest BCUT2D eigenvalue weighted by molar-refractivity contribution is 7.98. The van der Waals surface area contributed by atoms with Crippen LogP contribution in [0.3, 0.4) is 0 Å². The number of hydrogen-bond donors (Lipinski definition) is 0. The summed E-state index contributed by atoms with van der Waals surface area (Å²) in [5.41, 5.74) is 4.64. The molecule has 0 aromatic heterocycles. The molecule has 0 saturated carbocycles. The second kappa shape index (κ2) is 7.89. The minimum atomic E-state index is 0.190. The molecule has 1 aliphatic rings. The Balaban J connectivity index is 1.70. The van der Waals surface area contributed by atoms with E-state index in [0.717, 1.165) is 23.6 Å². The molecule has 3 aromatic rings. The molecule has 4 rings (SSSR count). The van der Waals surface area contributed by atoms with Gasteiger partial charge in [-0.3, -0.25) is 5.01 Å². The molecule has 0 radical (unpaired) electrons. The summed E-state index contributed by atoms with van der Waals surface area (Å²) in [4.78, 5) is 1.27. The number of thioether (sulfide) groups is 1. The van der Waals surface area contributed by atoms with E-state index in [1.807, 2.05) is 12.1 Å². The van der Waals surface area contributed by atoms with Crippen LogP contribution < -0.4 is 9.75 Å². The molecule has 1 atom stereocenters. The first kappa shape index (κ1) is 17.7. The van der Waals surface area contributed by atoms with Crippen molar-refractivity contribution in [2.45, 2.75) is 17.4 Å². The van der Waals surface area contributed by atoms with Gasteiger partial charge in [-0.1, -0.05) is 42.5 Å². The topological polar surface area (TPSA) is 24.8 Å². The molecule has 1 aliphatic heterocycles. The van der Waals surface area contributed by atoms with Crippen LogP contribution in [0, 0.1) is 0 Å². The Labute approximate surface area is 164 Å². The minimum absolute atomic E-state index is 0.190. The van der Waals surface area contributed by atoms with Crippen molar-refractivity contribution in [3.8, 4) is 5.75 Å². The lowest BCUT2D eigenvalue weighted by Gasteiger charge is -2.24. The van der Waals surface area contributed by atoms with E-state index in [1.54, 1.807) is 18.9 Å². The lowest BCUT2D eigenvalue weighted by molar-refractivity contribution is 0.415. The van der Waals surface area contributed by atoms with Gasteiger partial charge in [-0.25, -0.2) is 0 Å². The van der Waals surface area contributed by atoms with Gasteiger partial charge in [-0.15, -0.1) is 11.8 Å². The summed E-state index contributed by atoms with van der Waals surface area (Å²) in [6.45, 7) is 0. The highest BCUT2D eigenvalue weighted by Gasteiger charge is 2.29. The molecule has 1 heterocycles. The maximum Gasteiger partial charge on any atom is 0.119 e. The quantitative estimate of drug-likeness (QED) is 0.530. The van der Waals surface area contributed by atoms with Crippen molar-refractivity contribution in [3.05, 3.63) is 90.0 Å². The predicted octanol–water partition coefficient (Wildman–Crippen LogP) is 5.77. The van der Waals surface area contributed by atoms with E-state index in [0.29, 0.717) is 0 Å². The van der Waals surface area contributed by atoms with Gasteiger partial charge in [0.2, 0.25) is 0 Å². The normalized spacial score (nSPS) is 16.3. The number of hydrogen-bond acceptors (Lipinski definition) is 4. The summed E-state index contributed by atoms with van der Waals surface area (Å²) in [7, 11) is 1.69. The first-order valence-electron chi connectivity index (χ1n) is 8.98. The van der Waals surface area contributed by atoms with E-state index >= 15 is 0 Å². The minimum Gasteiger partial charge on any atom is -0.497 e. The van der Waals surface area contributed by atoms with Gasteiger partial charge in [0, 0.05) is 11.3 Å². The lowest BCUT2D eigenvalue weighted by atomic mass is 9.98. The molecule has 136 valence electrons. The summed E-state index contributed by atoms with van der Waals surface area (Å²) >= 11 is 1.76. The monoisotopic (exact) mass is 374 g/mol. The standard InChI is InChI=1S/C23H22N2OS/c1-26-20-12-10-19(11-13-20)25-23(18-6-4-3-5-7-18)16-22(24-25)17-8-14-21(27-2)15-9-17/h3-15,23H,16H2,1-2H3. The van der Waals surface area contributed by atoms with Crippen molar-refractivity contribution in [1.82, 2.24) is 0 Å². The van der Waals surface area contributed by atoms with Gasteiger partial charge in [-0.2, -0.15) is 5.10 Å². The molecular weight excluding hydrogens is 352 g/mol. The SMILES string of the molecule is COc1ccc(N2N=C(c3ccc(SC)cc3)CC2c2ccccc2)cc1. The molecule has 0 fully saturated rings. The summed E-state index contributed by atoms with van der Waals surface area (Å²) in [6, 6.07) is 27.5. The van der Waals surface area contributed by atoms with Gasteiger partial charge in [0.15, 0.2) is 0 Å². The van der Waals surface area contributed by atoms with Crippen LogP contribution in [-0.2, 0) is 0 Å². The van der Waals surface area contributed by atoms with Gasteiger partial charge in [0.25, 0.3) is 0 Å². The Bertz CT molecular complexity index is 921. The second-order valence-electron chi connectivity index (χ2n) is 6.45. The van der Waals surface area contributed by atoms with Crippen molar-refractivity contribution in [1.29, 1.82) is 0 Å². The van der Waals surface area contributed by atoms with E-state index in [-0.39, 0.29) is 6.04 Å². The molecule has 0 saturated heterocycles. The lowest BCUT2D eigenvalue weighted by Crippen LogP contribution is -2.18. The van der Waals surface area contributed by atoms with Crippen molar-refractivity contribution in [3.63, 3.8) is 0 Å². The highest BCUT2D eigenvalue weighted by atomic mass is 32.2. The van der Waals surface area contributed by atoms with Crippen molar-refractivity contribution in [2.75, 3.05) is 18.4 Å². The number of rotatable bonds is 5. The average molecular weight is 375 g/mol. The van der Waals surface area contributed by atoms with E-state index in [1.165, 1.54) is 16.0 Å². The summed E-state index contributed by atoms with van der Waals surface area (Å²) < 4.78 is 5.30. The number of ether oxygens (including phenoxy) is 1. The fraction of sp³-hybridized carbons (Fsp3) is 0.174. The van der Waals surface area contributed by atoms with E-state index < -0.39 is 0 Å². The van der Waals surface area contributed by atoms with E-state index in [9.17, 15) is 0 Å². The molecule has 1 unspecified atom stereocenters. The third-order valence-corrected chi connectivity index (χ3v) is 5.60. The summed E-state index contributed by atoms with van der Waals surface area (Å²) in [5, 5.41) is 7.13. The molecule has 0 aliphatic carbocycles. The van der Waals surface area contributed by atoms with E-state index in [2.05, 4.69) is 78.0 Å². The Morgan fingerprint density at radius 1 is 0.926 bits per heavy atom. The molecule has 0 spiro atoms. The van der Waals surface area contributed by atoms with Crippen LogP contribution in [0.4, 0.5) is 5.69 Å². The molecule has 4 heteroatoms. The first-order valence-corrected chi connectivity index (χ1v) is 10.2. The fourth-order valence-electron chi connectivity index (χ4n) is 3.38. The molecular formula is C23H22N2OS. The molecule has 3 nitrogen and oxygen atoms in total. The predicted molar refractivity (Wildman–Crippen MR) is 114 cm³/mol. The number of nitrogens with zero attached hydrogens (tertiary/aromatic N) is 2. The molecule has 0 amide bonds. The maximum atomic E-state index is 5.30. The maximum absolute atomic E-state index is 5.30. The smallest absolute Gasteiger partial charge is 0.119 e. The first-order chi connectivity index (χ1) is 13.3. The van der Waals surface area contributed by atoms with Gasteiger partial charge < -0.3 is 4.74 Å². The van der Waals surface area contributed by atoms with Gasteiger partial charge in [-0.05, 0) is 53.8 Å². The Morgan fingerprint density at radius 3 is 2.26 bits per heavy atom. The third-order valence-electron chi connectivity index (χ3n) is 4.85. The van der Waals surface area contributed by atoms with Gasteiger partial charge in [0.05, 0.1) is 24.6 Å². The number of methoxy groups -OCH3 is 1. The van der Waals surface area contributed by atoms with Crippen LogP contribution >= 0.6 is 11.8 Å². The van der Waals surface area contributed by atoms with E-state index in [4.69, 9.17) is 9.84 Å². The van der Waals surface area contributed by atoms with Crippen LogP contribution in [-0.4, -0.2) is 19.1 Å². The van der Waals surface area contributed by atoms with Crippen LogP contribution in [0.25, 0.3) is 0 Å². The molecule has 3 aromatic carbocycles. The van der Waals surface area contributed by atoms with Crippen molar-refractivity contribution in [2.24, 2.45) is 5.10 Å². The van der Waals surface area contributed by atoms with Crippen LogP contribution in [0.15, 0.2) is 88.9 Å². The zero-order chi connectivity index (χ0) is 18.6. The van der Waals surface area contributed by atoms with Crippen molar-refractivity contribution < 1.29 is 4.74 Å². The third kappa shape index (κ3) is 3.71. The molecule has 0 bridgehead atoms. The van der Waals surface area contributed by atoms with Crippen LogP contribution in [0.2, 0.25) is 0 Å². The number of anilines is 1. The van der Waals surface area contributed by atoms with Crippen LogP contribution in [0.1, 0.15) is 23.6 Å². The highest BCUT2D eigenvalue weighted by Crippen LogP contribution is 2.37. The second-order valence-corrected chi connectivity index (χ2v) is 7.33. The number of hydrazone groups is 1. The molecule has 0 N–H and O–H groups in total. The summed E-state index contributed by atoms with van der Waals surface area (Å²) in [5.74, 6) is 0.853. The van der Waals surface area contributed by atoms with Crippen molar-refractivity contribution >= 4 is 23.2 Å². The average Bonchev–Trinajstić information content (AvgIpc) is 3.20. The van der Waals surface area contributed by atoms with Gasteiger partial charge >= 0.3 is 0 Å². The fourth-order valence-corrected chi connectivity index (χ4v) is 3.78. The zero-order valence-electron chi connectivity index (χ0n) is 15.5. The van der Waals surface area contributed by atoms with Gasteiger partial charge in [0.1, 0.15) is 5.75 Å². The Morgan fingerprint density at radius 2 is 1.63 bits per heavy atom. The Kier molecular flexibility index (Phi) is 5.16. The van der Waals surface area contributed by atoms with Crippen LogP contribution in [0.5, 0.6) is 5.75 Å².